The van der Waals surface area contributed by atoms with Crippen molar-refractivity contribution in [3.8, 4) is 10.6 Å². The molecule has 3 rings (SSSR count). The van der Waals surface area contributed by atoms with E-state index in [1.165, 1.54) is 43.4 Å². The highest BCUT2D eigenvalue weighted by Crippen LogP contribution is 2.29. The Morgan fingerprint density at radius 2 is 1.75 bits per heavy atom. The molecule has 148 valence electrons. The number of unbranched alkanes of at least 4 members (excludes halogenated alkanes) is 6. The number of aromatic nitrogens is 1. The lowest BCUT2D eigenvalue weighted by Crippen LogP contribution is -2.24. The number of aryl methyl sites for hydroxylation is 1. The van der Waals surface area contributed by atoms with E-state index in [0.717, 1.165) is 40.0 Å². The van der Waals surface area contributed by atoms with Crippen LogP contribution in [-0.2, 0) is 0 Å². The van der Waals surface area contributed by atoms with E-state index in [0.29, 0.717) is 0 Å². The lowest BCUT2D eigenvalue weighted by atomic mass is 10.1. The quantitative estimate of drug-likeness (QED) is 0.386. The van der Waals surface area contributed by atoms with E-state index >= 15 is 0 Å². The number of fused-ring (bicyclic) bond motifs is 1. The fraction of sp³-hybridized carbons (Fsp3) is 0.417. The molecular weight excluding hydrogens is 364 g/mol. The Labute approximate surface area is 172 Å². The first-order chi connectivity index (χ1) is 13.7. The zero-order valence-electron chi connectivity index (χ0n) is 17.0. The molecule has 4 heteroatoms. The Balaban J connectivity index is 1.66. The van der Waals surface area contributed by atoms with Crippen LogP contribution in [0.4, 0.5) is 0 Å². The highest BCUT2D eigenvalue weighted by atomic mass is 32.1. The molecule has 0 aliphatic rings. The summed E-state index contributed by atoms with van der Waals surface area (Å²) in [5, 5.41) is 4.03. The first kappa shape index (κ1) is 20.5. The molecule has 1 aromatic carbocycles. The van der Waals surface area contributed by atoms with Crippen LogP contribution in [0.25, 0.3) is 21.5 Å². The maximum atomic E-state index is 12.9. The third kappa shape index (κ3) is 5.41. The largest absolute Gasteiger partial charge is 0.352 e. The van der Waals surface area contributed by atoms with Crippen LogP contribution < -0.4 is 5.32 Å². The van der Waals surface area contributed by atoms with Gasteiger partial charge in [-0.3, -0.25) is 4.79 Å². The van der Waals surface area contributed by atoms with Crippen molar-refractivity contribution in [2.45, 2.75) is 58.8 Å². The smallest absolute Gasteiger partial charge is 0.252 e. The van der Waals surface area contributed by atoms with Gasteiger partial charge in [0.25, 0.3) is 5.91 Å². The zero-order valence-corrected chi connectivity index (χ0v) is 17.8. The van der Waals surface area contributed by atoms with Crippen molar-refractivity contribution in [1.82, 2.24) is 10.3 Å². The molecule has 28 heavy (non-hydrogen) atoms. The number of thiophene rings is 1. The van der Waals surface area contributed by atoms with Crippen LogP contribution in [0, 0.1) is 6.92 Å². The summed E-state index contributed by atoms with van der Waals surface area (Å²) in [6.07, 6.45) is 8.73. The second-order valence-electron chi connectivity index (χ2n) is 7.36. The molecule has 0 aliphatic heterocycles. The minimum Gasteiger partial charge on any atom is -0.352 e. The van der Waals surface area contributed by atoms with Gasteiger partial charge in [0.05, 0.1) is 21.7 Å². The monoisotopic (exact) mass is 394 g/mol. The summed E-state index contributed by atoms with van der Waals surface area (Å²) >= 11 is 1.71. The average molecular weight is 395 g/mol. The molecule has 3 aromatic rings. The van der Waals surface area contributed by atoms with E-state index in [1.807, 2.05) is 30.3 Å². The predicted octanol–water partition coefficient (Wildman–Crippen LogP) is 6.75. The molecule has 0 unspecified atom stereocenters. The van der Waals surface area contributed by atoms with Crippen molar-refractivity contribution in [3.05, 3.63) is 52.9 Å². The number of nitrogens with zero attached hydrogens (tertiary/aromatic N) is 1. The van der Waals surface area contributed by atoms with Gasteiger partial charge in [0.15, 0.2) is 0 Å². The number of benzene rings is 1. The van der Waals surface area contributed by atoms with E-state index in [1.54, 1.807) is 11.3 Å². The van der Waals surface area contributed by atoms with Gasteiger partial charge in [-0.05, 0) is 37.6 Å². The lowest BCUT2D eigenvalue weighted by Gasteiger charge is -2.10. The SMILES string of the molecule is CCCCCCCCCNC(=O)c1cc(-c2ccc(C)s2)nc2ccccc12. The minimum absolute atomic E-state index is 0.000823. The second-order valence-corrected chi connectivity index (χ2v) is 8.65. The Morgan fingerprint density at radius 1 is 1.00 bits per heavy atom. The van der Waals surface area contributed by atoms with Gasteiger partial charge in [0, 0.05) is 16.8 Å². The number of carbonyl (C=O) groups is 1. The maximum Gasteiger partial charge on any atom is 0.252 e. The van der Waals surface area contributed by atoms with Crippen LogP contribution in [0.3, 0.4) is 0 Å². The standard InChI is InChI=1S/C24H30N2OS/c1-3-4-5-6-7-8-11-16-25-24(27)20-17-22(23-15-14-18(2)28-23)26-21-13-10-9-12-19(20)21/h9-10,12-15,17H,3-8,11,16H2,1-2H3,(H,25,27). The van der Waals surface area contributed by atoms with E-state index in [2.05, 4.69) is 31.3 Å². The summed E-state index contributed by atoms with van der Waals surface area (Å²) in [5.74, 6) is -0.000823. The van der Waals surface area contributed by atoms with Gasteiger partial charge >= 0.3 is 0 Å². The van der Waals surface area contributed by atoms with Crippen molar-refractivity contribution >= 4 is 28.1 Å². The molecule has 2 heterocycles. The molecule has 1 amide bonds. The van der Waals surface area contributed by atoms with Gasteiger partial charge in [-0.2, -0.15) is 0 Å². The van der Waals surface area contributed by atoms with Crippen LogP contribution in [0.1, 0.15) is 67.1 Å². The highest BCUT2D eigenvalue weighted by Gasteiger charge is 2.14. The number of rotatable bonds is 10. The average Bonchev–Trinajstić information content (AvgIpc) is 3.15. The van der Waals surface area contributed by atoms with Gasteiger partial charge in [-0.25, -0.2) is 4.98 Å². The van der Waals surface area contributed by atoms with Crippen LogP contribution >= 0.6 is 11.3 Å². The van der Waals surface area contributed by atoms with Crippen molar-refractivity contribution in [3.63, 3.8) is 0 Å². The van der Waals surface area contributed by atoms with E-state index in [4.69, 9.17) is 4.98 Å². The fourth-order valence-corrected chi connectivity index (χ4v) is 4.27. The van der Waals surface area contributed by atoms with Crippen molar-refractivity contribution in [1.29, 1.82) is 0 Å². The molecule has 0 fully saturated rings. The summed E-state index contributed by atoms with van der Waals surface area (Å²) in [5.41, 5.74) is 2.46. The number of pyridine rings is 1. The number of hydrogen-bond donors (Lipinski definition) is 1. The van der Waals surface area contributed by atoms with Gasteiger partial charge in [0.2, 0.25) is 0 Å². The van der Waals surface area contributed by atoms with Gasteiger partial charge < -0.3 is 5.32 Å². The predicted molar refractivity (Wildman–Crippen MR) is 120 cm³/mol. The Kier molecular flexibility index (Phi) is 7.61. The molecule has 0 aliphatic carbocycles. The molecule has 0 atom stereocenters. The van der Waals surface area contributed by atoms with Gasteiger partial charge in [0.1, 0.15) is 0 Å². The Bertz CT molecular complexity index is 916. The van der Waals surface area contributed by atoms with Crippen molar-refractivity contribution < 1.29 is 4.79 Å². The first-order valence-corrected chi connectivity index (χ1v) is 11.3. The van der Waals surface area contributed by atoms with E-state index < -0.39 is 0 Å². The van der Waals surface area contributed by atoms with Crippen molar-refractivity contribution in [2.75, 3.05) is 6.54 Å². The molecular formula is C24H30N2OS. The first-order valence-electron chi connectivity index (χ1n) is 10.4. The molecule has 0 bridgehead atoms. The summed E-state index contributed by atoms with van der Waals surface area (Å²) in [4.78, 5) is 20.0. The number of para-hydroxylation sites is 1. The lowest BCUT2D eigenvalue weighted by molar-refractivity contribution is 0.0954. The molecule has 0 saturated carbocycles. The van der Waals surface area contributed by atoms with Crippen LogP contribution in [0.5, 0.6) is 0 Å². The van der Waals surface area contributed by atoms with Crippen LogP contribution in [-0.4, -0.2) is 17.4 Å². The fourth-order valence-electron chi connectivity index (χ4n) is 3.44. The molecule has 0 radical (unpaired) electrons. The molecule has 0 saturated heterocycles. The summed E-state index contributed by atoms with van der Waals surface area (Å²) < 4.78 is 0. The van der Waals surface area contributed by atoms with E-state index in [9.17, 15) is 4.79 Å². The van der Waals surface area contributed by atoms with Gasteiger partial charge in [-0.15, -0.1) is 11.3 Å². The van der Waals surface area contributed by atoms with Crippen LogP contribution in [0.15, 0.2) is 42.5 Å². The number of nitrogens with one attached hydrogen (secondary N) is 1. The second kappa shape index (κ2) is 10.4. The van der Waals surface area contributed by atoms with E-state index in [-0.39, 0.29) is 5.91 Å². The Morgan fingerprint density at radius 3 is 2.50 bits per heavy atom. The Hall–Kier alpha value is -2.20. The third-order valence-corrected chi connectivity index (χ3v) is 6.04. The normalized spacial score (nSPS) is 11.1. The molecule has 0 spiro atoms. The zero-order chi connectivity index (χ0) is 19.8. The minimum atomic E-state index is -0.000823. The van der Waals surface area contributed by atoms with Gasteiger partial charge in [-0.1, -0.05) is 63.6 Å². The summed E-state index contributed by atoms with van der Waals surface area (Å²) in [6, 6.07) is 14.0. The molecule has 1 N–H and O–H groups in total. The summed E-state index contributed by atoms with van der Waals surface area (Å²) in [7, 11) is 0. The topological polar surface area (TPSA) is 42.0 Å². The maximum absolute atomic E-state index is 12.9. The third-order valence-electron chi connectivity index (χ3n) is 5.02. The van der Waals surface area contributed by atoms with Crippen molar-refractivity contribution in [2.24, 2.45) is 0 Å². The number of carbonyl (C=O) groups excluding carboxylic acids is 1. The highest BCUT2D eigenvalue weighted by molar-refractivity contribution is 7.15. The molecule has 2 aromatic heterocycles. The van der Waals surface area contributed by atoms with Crippen LogP contribution in [0.2, 0.25) is 0 Å². The molecule has 3 nitrogen and oxygen atoms in total. The number of amides is 1. The number of hydrogen-bond acceptors (Lipinski definition) is 3. The summed E-state index contributed by atoms with van der Waals surface area (Å²) in [6.45, 7) is 5.06.